The van der Waals surface area contributed by atoms with E-state index in [1.54, 1.807) is 44.6 Å². The standard InChI is InChI=1S/C18H20Cl2N2O3/c1-11(14-6-4-12(19)8-15(14)20)21-10-18(23)22-13-5-7-16(24-2)17(9-13)25-3/h4-9,11,21H,10H2,1-3H3,(H,22,23)/p+1/t11-/m0/s1. The molecule has 0 aromatic heterocycles. The van der Waals surface area contributed by atoms with Gasteiger partial charge in [0.2, 0.25) is 0 Å². The highest BCUT2D eigenvalue weighted by Gasteiger charge is 2.15. The third-order valence-electron chi connectivity index (χ3n) is 3.78. The van der Waals surface area contributed by atoms with Crippen LogP contribution in [0, 0.1) is 0 Å². The Morgan fingerprint density at radius 1 is 1.12 bits per heavy atom. The molecule has 2 aromatic rings. The van der Waals surface area contributed by atoms with Gasteiger partial charge in [0.25, 0.3) is 5.91 Å². The Bertz CT molecular complexity index is 753. The van der Waals surface area contributed by atoms with Gasteiger partial charge in [0, 0.05) is 22.3 Å². The van der Waals surface area contributed by atoms with Gasteiger partial charge in [0.1, 0.15) is 6.04 Å². The molecule has 2 aromatic carbocycles. The summed E-state index contributed by atoms with van der Waals surface area (Å²) >= 11 is 12.1. The number of rotatable bonds is 7. The highest BCUT2D eigenvalue weighted by molar-refractivity contribution is 6.35. The topological polar surface area (TPSA) is 64.2 Å². The van der Waals surface area contributed by atoms with E-state index in [4.69, 9.17) is 32.7 Å². The van der Waals surface area contributed by atoms with Gasteiger partial charge in [0.05, 0.1) is 19.2 Å². The Labute approximate surface area is 157 Å². The van der Waals surface area contributed by atoms with Gasteiger partial charge in [-0.25, -0.2) is 0 Å². The quantitative estimate of drug-likeness (QED) is 0.770. The second-order valence-electron chi connectivity index (χ2n) is 5.51. The van der Waals surface area contributed by atoms with Crippen LogP contribution < -0.4 is 20.1 Å². The van der Waals surface area contributed by atoms with E-state index >= 15 is 0 Å². The maximum Gasteiger partial charge on any atom is 0.279 e. The van der Waals surface area contributed by atoms with Crippen LogP contribution in [-0.2, 0) is 4.79 Å². The lowest BCUT2D eigenvalue weighted by molar-refractivity contribution is -0.682. The number of amides is 1. The van der Waals surface area contributed by atoms with E-state index in [9.17, 15) is 4.79 Å². The summed E-state index contributed by atoms with van der Waals surface area (Å²) in [6.07, 6.45) is 0. The summed E-state index contributed by atoms with van der Waals surface area (Å²) in [6.45, 7) is 2.24. The molecule has 5 nitrogen and oxygen atoms in total. The molecule has 0 saturated heterocycles. The first kappa shape index (κ1) is 19.4. The number of quaternary nitrogens is 1. The van der Waals surface area contributed by atoms with Crippen molar-refractivity contribution in [1.82, 2.24) is 0 Å². The Kier molecular flexibility index (Phi) is 6.93. The van der Waals surface area contributed by atoms with Crippen molar-refractivity contribution in [3.8, 4) is 11.5 Å². The molecule has 134 valence electrons. The fourth-order valence-electron chi connectivity index (χ4n) is 2.41. The summed E-state index contributed by atoms with van der Waals surface area (Å²) in [5, 5.41) is 5.93. The van der Waals surface area contributed by atoms with E-state index in [1.165, 1.54) is 0 Å². The smallest absolute Gasteiger partial charge is 0.279 e. The van der Waals surface area contributed by atoms with Crippen molar-refractivity contribution >= 4 is 34.8 Å². The van der Waals surface area contributed by atoms with E-state index in [0.717, 1.165) is 5.56 Å². The van der Waals surface area contributed by atoms with E-state index in [-0.39, 0.29) is 18.5 Å². The van der Waals surface area contributed by atoms with E-state index in [1.807, 2.05) is 18.3 Å². The maximum atomic E-state index is 12.2. The van der Waals surface area contributed by atoms with Crippen molar-refractivity contribution < 1.29 is 19.6 Å². The lowest BCUT2D eigenvalue weighted by Gasteiger charge is -2.13. The van der Waals surface area contributed by atoms with Crippen LogP contribution in [0.1, 0.15) is 18.5 Å². The van der Waals surface area contributed by atoms with Crippen LogP contribution in [-0.4, -0.2) is 26.7 Å². The zero-order valence-corrected chi connectivity index (χ0v) is 15.8. The molecule has 0 unspecified atom stereocenters. The number of benzene rings is 2. The number of carbonyl (C=O) groups excluding carboxylic acids is 1. The Hall–Kier alpha value is -1.95. The third-order valence-corrected chi connectivity index (χ3v) is 4.34. The van der Waals surface area contributed by atoms with Crippen LogP contribution in [0.2, 0.25) is 10.0 Å². The SMILES string of the molecule is COc1ccc(NC(=O)C[NH2+][C@@H](C)c2ccc(Cl)cc2Cl)cc1OC. The van der Waals surface area contributed by atoms with Crippen molar-refractivity contribution in [2.75, 3.05) is 26.1 Å². The Balaban J connectivity index is 1.94. The van der Waals surface area contributed by atoms with Gasteiger partial charge in [-0.1, -0.05) is 29.3 Å². The number of ether oxygens (including phenoxy) is 2. The zero-order valence-electron chi connectivity index (χ0n) is 14.3. The number of methoxy groups -OCH3 is 2. The second kappa shape index (κ2) is 8.94. The molecule has 0 fully saturated rings. The third kappa shape index (κ3) is 5.26. The zero-order chi connectivity index (χ0) is 18.4. The number of nitrogens with one attached hydrogen (secondary N) is 1. The lowest BCUT2D eigenvalue weighted by Crippen LogP contribution is -2.86. The van der Waals surface area contributed by atoms with Crippen molar-refractivity contribution in [3.63, 3.8) is 0 Å². The predicted molar refractivity (Wildman–Crippen MR) is 99.8 cm³/mol. The second-order valence-corrected chi connectivity index (χ2v) is 6.36. The average molecular weight is 384 g/mol. The normalized spacial score (nSPS) is 11.7. The number of anilines is 1. The molecule has 0 saturated carbocycles. The first-order valence-corrected chi connectivity index (χ1v) is 8.50. The molecule has 1 amide bonds. The Morgan fingerprint density at radius 3 is 2.48 bits per heavy atom. The molecule has 0 spiro atoms. The number of hydrogen-bond donors (Lipinski definition) is 2. The van der Waals surface area contributed by atoms with Crippen LogP contribution in [0.4, 0.5) is 5.69 Å². The molecular formula is C18H21Cl2N2O3+. The Morgan fingerprint density at radius 2 is 1.84 bits per heavy atom. The molecule has 0 heterocycles. The highest BCUT2D eigenvalue weighted by Crippen LogP contribution is 2.29. The number of nitrogens with two attached hydrogens (primary N) is 1. The van der Waals surface area contributed by atoms with Gasteiger partial charge < -0.3 is 20.1 Å². The summed E-state index contributed by atoms with van der Waals surface area (Å²) in [5.41, 5.74) is 1.58. The average Bonchev–Trinajstić information content (AvgIpc) is 2.59. The maximum absolute atomic E-state index is 12.2. The van der Waals surface area contributed by atoms with E-state index in [0.29, 0.717) is 27.2 Å². The largest absolute Gasteiger partial charge is 0.493 e. The summed E-state index contributed by atoms with van der Waals surface area (Å²) in [5.74, 6) is 1.05. The van der Waals surface area contributed by atoms with Crippen molar-refractivity contribution in [2.24, 2.45) is 0 Å². The number of hydrogen-bond acceptors (Lipinski definition) is 3. The van der Waals surface area contributed by atoms with Gasteiger partial charge in [-0.05, 0) is 31.2 Å². The molecule has 0 radical (unpaired) electrons. The minimum atomic E-state index is -0.121. The summed E-state index contributed by atoms with van der Waals surface area (Å²) in [6, 6.07) is 10.6. The van der Waals surface area contributed by atoms with Gasteiger partial charge in [0.15, 0.2) is 18.0 Å². The van der Waals surface area contributed by atoms with Gasteiger partial charge in [-0.3, -0.25) is 4.79 Å². The minimum absolute atomic E-state index is 0.0286. The molecule has 3 N–H and O–H groups in total. The van der Waals surface area contributed by atoms with Crippen LogP contribution >= 0.6 is 23.2 Å². The lowest BCUT2D eigenvalue weighted by atomic mass is 10.1. The fourth-order valence-corrected chi connectivity index (χ4v) is 2.99. The molecule has 25 heavy (non-hydrogen) atoms. The first-order valence-electron chi connectivity index (χ1n) is 7.74. The van der Waals surface area contributed by atoms with Gasteiger partial charge in [-0.15, -0.1) is 0 Å². The fraction of sp³-hybridized carbons (Fsp3) is 0.278. The van der Waals surface area contributed by atoms with Crippen molar-refractivity contribution in [2.45, 2.75) is 13.0 Å². The first-order chi connectivity index (χ1) is 11.9. The van der Waals surface area contributed by atoms with E-state index in [2.05, 4.69) is 5.32 Å². The number of carbonyl (C=O) groups is 1. The van der Waals surface area contributed by atoms with Crippen LogP contribution in [0.15, 0.2) is 36.4 Å². The minimum Gasteiger partial charge on any atom is -0.493 e. The monoisotopic (exact) mass is 383 g/mol. The van der Waals surface area contributed by atoms with Crippen LogP contribution in [0.5, 0.6) is 11.5 Å². The molecule has 0 aliphatic rings. The van der Waals surface area contributed by atoms with Crippen LogP contribution in [0.25, 0.3) is 0 Å². The highest BCUT2D eigenvalue weighted by atomic mass is 35.5. The molecule has 0 aliphatic heterocycles. The molecule has 0 bridgehead atoms. The molecule has 7 heteroatoms. The van der Waals surface area contributed by atoms with Crippen LogP contribution in [0.3, 0.4) is 0 Å². The molecule has 2 rings (SSSR count). The molecule has 1 atom stereocenters. The molecular weight excluding hydrogens is 363 g/mol. The van der Waals surface area contributed by atoms with Crippen molar-refractivity contribution in [3.05, 3.63) is 52.0 Å². The molecule has 0 aliphatic carbocycles. The van der Waals surface area contributed by atoms with Gasteiger partial charge >= 0.3 is 0 Å². The van der Waals surface area contributed by atoms with Gasteiger partial charge in [-0.2, -0.15) is 0 Å². The summed E-state index contributed by atoms with van der Waals surface area (Å²) < 4.78 is 10.4. The summed E-state index contributed by atoms with van der Waals surface area (Å²) in [7, 11) is 3.11. The number of halogens is 2. The van der Waals surface area contributed by atoms with E-state index < -0.39 is 0 Å². The predicted octanol–water partition coefficient (Wildman–Crippen LogP) is 3.27. The van der Waals surface area contributed by atoms with Crippen molar-refractivity contribution in [1.29, 1.82) is 0 Å². The summed E-state index contributed by atoms with van der Waals surface area (Å²) in [4.78, 5) is 12.2.